The molecule has 98 valence electrons. The number of rotatable bonds is 5. The molecular formula is C13H18N2O2S. The molecule has 0 bridgehead atoms. The van der Waals surface area contributed by atoms with Crippen molar-refractivity contribution in [1.82, 2.24) is 4.72 Å². The molecule has 5 heteroatoms. The molecule has 0 atom stereocenters. The number of aryl methyl sites for hydroxylation is 2. The van der Waals surface area contributed by atoms with Crippen molar-refractivity contribution >= 4 is 15.7 Å². The molecule has 0 saturated heterocycles. The van der Waals surface area contributed by atoms with Crippen LogP contribution >= 0.6 is 0 Å². The number of terminal acetylenes is 1. The maximum atomic E-state index is 12.0. The van der Waals surface area contributed by atoms with Crippen LogP contribution in [0.15, 0.2) is 17.0 Å². The molecule has 4 nitrogen and oxygen atoms in total. The van der Waals surface area contributed by atoms with Crippen LogP contribution in [0.4, 0.5) is 5.69 Å². The van der Waals surface area contributed by atoms with Gasteiger partial charge in [-0.05, 0) is 43.5 Å². The third-order valence-corrected chi connectivity index (χ3v) is 4.22. The van der Waals surface area contributed by atoms with E-state index >= 15 is 0 Å². The third kappa shape index (κ3) is 3.49. The van der Waals surface area contributed by atoms with Crippen LogP contribution in [-0.4, -0.2) is 15.0 Å². The Morgan fingerprint density at radius 1 is 1.33 bits per heavy atom. The average Bonchev–Trinajstić information content (AvgIpc) is 2.29. The summed E-state index contributed by atoms with van der Waals surface area (Å²) in [5.41, 5.74) is 7.89. The molecule has 3 N–H and O–H groups in total. The predicted molar refractivity (Wildman–Crippen MR) is 73.6 cm³/mol. The van der Waals surface area contributed by atoms with Crippen molar-refractivity contribution in [2.45, 2.75) is 31.6 Å². The van der Waals surface area contributed by atoms with E-state index in [1.165, 1.54) is 0 Å². The van der Waals surface area contributed by atoms with Crippen molar-refractivity contribution in [1.29, 1.82) is 0 Å². The Bertz CT molecular complexity index is 571. The smallest absolute Gasteiger partial charge is 0.242 e. The van der Waals surface area contributed by atoms with Gasteiger partial charge in [-0.25, -0.2) is 13.1 Å². The lowest BCUT2D eigenvalue weighted by molar-refractivity contribution is 0.580. The van der Waals surface area contributed by atoms with Gasteiger partial charge in [0.25, 0.3) is 0 Å². The van der Waals surface area contributed by atoms with E-state index in [-0.39, 0.29) is 10.6 Å². The fourth-order valence-electron chi connectivity index (χ4n) is 1.52. The Hall–Kier alpha value is -1.51. The molecule has 0 saturated carbocycles. The number of sulfonamides is 1. The Labute approximate surface area is 109 Å². The maximum Gasteiger partial charge on any atom is 0.242 e. The molecule has 0 unspecified atom stereocenters. The summed E-state index contributed by atoms with van der Waals surface area (Å²) >= 11 is 0. The minimum absolute atomic E-state index is 0.131. The fraction of sp³-hybridized carbons (Fsp3) is 0.385. The Morgan fingerprint density at radius 3 is 2.56 bits per heavy atom. The molecule has 0 radical (unpaired) electrons. The van der Waals surface area contributed by atoms with Gasteiger partial charge in [-0.15, -0.1) is 12.3 Å². The first kappa shape index (κ1) is 14.6. The van der Waals surface area contributed by atoms with Crippen molar-refractivity contribution in [2.75, 3.05) is 12.3 Å². The minimum Gasteiger partial charge on any atom is -0.398 e. The van der Waals surface area contributed by atoms with Crippen LogP contribution in [0, 0.1) is 26.2 Å². The van der Waals surface area contributed by atoms with Gasteiger partial charge < -0.3 is 5.73 Å². The molecule has 1 aromatic rings. The van der Waals surface area contributed by atoms with Gasteiger partial charge >= 0.3 is 0 Å². The van der Waals surface area contributed by atoms with Gasteiger partial charge in [-0.3, -0.25) is 0 Å². The topological polar surface area (TPSA) is 72.2 Å². The van der Waals surface area contributed by atoms with Crippen molar-refractivity contribution in [3.8, 4) is 12.3 Å². The summed E-state index contributed by atoms with van der Waals surface area (Å²) < 4.78 is 26.6. The highest BCUT2D eigenvalue weighted by atomic mass is 32.2. The highest BCUT2D eigenvalue weighted by Gasteiger charge is 2.17. The first-order valence-electron chi connectivity index (χ1n) is 5.68. The minimum atomic E-state index is -3.55. The lowest BCUT2D eigenvalue weighted by Crippen LogP contribution is -2.25. The molecule has 1 aromatic carbocycles. The van der Waals surface area contributed by atoms with Crippen LogP contribution in [0.2, 0.25) is 0 Å². The maximum absolute atomic E-state index is 12.0. The molecule has 0 heterocycles. The monoisotopic (exact) mass is 266 g/mol. The summed E-state index contributed by atoms with van der Waals surface area (Å²) in [6.45, 7) is 4.06. The Balaban J connectivity index is 2.92. The van der Waals surface area contributed by atoms with Crippen LogP contribution in [0.5, 0.6) is 0 Å². The van der Waals surface area contributed by atoms with Crippen LogP contribution in [0.25, 0.3) is 0 Å². The van der Waals surface area contributed by atoms with Crippen molar-refractivity contribution in [2.24, 2.45) is 0 Å². The van der Waals surface area contributed by atoms with Crippen LogP contribution in [-0.2, 0) is 10.0 Å². The van der Waals surface area contributed by atoms with E-state index < -0.39 is 10.0 Å². The fourth-order valence-corrected chi connectivity index (χ4v) is 2.79. The molecule has 0 fully saturated rings. The number of nitrogens with two attached hydrogens (primary N) is 1. The summed E-state index contributed by atoms with van der Waals surface area (Å²) in [5, 5.41) is 0. The van der Waals surface area contributed by atoms with E-state index in [4.69, 9.17) is 12.2 Å². The molecule has 0 aliphatic heterocycles. The van der Waals surface area contributed by atoms with Crippen LogP contribution in [0.1, 0.15) is 24.0 Å². The molecule has 0 aromatic heterocycles. The second kappa shape index (κ2) is 5.89. The Kier molecular flexibility index (Phi) is 4.76. The number of nitrogen functional groups attached to an aromatic ring is 1. The first-order chi connectivity index (χ1) is 8.38. The van der Waals surface area contributed by atoms with Crippen LogP contribution < -0.4 is 10.5 Å². The van der Waals surface area contributed by atoms with Gasteiger partial charge in [0.05, 0.1) is 5.69 Å². The number of unbranched alkanes of at least 4 members (excludes halogenated alkanes) is 1. The summed E-state index contributed by atoms with van der Waals surface area (Å²) in [5.74, 6) is 2.46. The van der Waals surface area contributed by atoms with Gasteiger partial charge in [0.2, 0.25) is 10.0 Å². The van der Waals surface area contributed by atoms with E-state index in [0.717, 1.165) is 11.1 Å². The molecule has 18 heavy (non-hydrogen) atoms. The van der Waals surface area contributed by atoms with Gasteiger partial charge in [-0.2, -0.15) is 0 Å². The van der Waals surface area contributed by atoms with Gasteiger partial charge in [-0.1, -0.05) is 0 Å². The number of hydrogen-bond acceptors (Lipinski definition) is 3. The summed E-state index contributed by atoms with van der Waals surface area (Å²) in [6.07, 6.45) is 6.26. The Morgan fingerprint density at radius 2 is 1.94 bits per heavy atom. The summed E-state index contributed by atoms with van der Waals surface area (Å²) in [4.78, 5) is 0.131. The first-order valence-corrected chi connectivity index (χ1v) is 7.16. The molecular weight excluding hydrogens is 248 g/mol. The second-order valence-electron chi connectivity index (χ2n) is 4.18. The highest BCUT2D eigenvalue weighted by Crippen LogP contribution is 2.22. The lowest BCUT2D eigenvalue weighted by Gasteiger charge is -2.11. The van der Waals surface area contributed by atoms with E-state index in [0.29, 0.717) is 19.4 Å². The van der Waals surface area contributed by atoms with E-state index in [2.05, 4.69) is 10.6 Å². The highest BCUT2D eigenvalue weighted by molar-refractivity contribution is 7.89. The average molecular weight is 266 g/mol. The quantitative estimate of drug-likeness (QED) is 0.483. The van der Waals surface area contributed by atoms with E-state index in [1.807, 2.05) is 13.8 Å². The van der Waals surface area contributed by atoms with Crippen molar-refractivity contribution in [3.63, 3.8) is 0 Å². The number of anilines is 1. The zero-order valence-electron chi connectivity index (χ0n) is 10.7. The standard InChI is InChI=1S/C13H18N2O2S/c1-4-5-6-7-15-18(16,17)13-9-11(3)10(2)8-12(13)14/h1,8-9,15H,5-7,14H2,2-3H3. The largest absolute Gasteiger partial charge is 0.398 e. The number of nitrogens with one attached hydrogen (secondary N) is 1. The van der Waals surface area contributed by atoms with Crippen molar-refractivity contribution < 1.29 is 8.42 Å². The number of benzene rings is 1. The normalized spacial score (nSPS) is 11.2. The van der Waals surface area contributed by atoms with Gasteiger partial charge in [0.1, 0.15) is 4.90 Å². The molecule has 0 spiro atoms. The predicted octanol–water partition coefficient (Wildman–Crippen LogP) is 1.58. The zero-order valence-corrected chi connectivity index (χ0v) is 11.5. The third-order valence-electron chi connectivity index (χ3n) is 2.71. The van der Waals surface area contributed by atoms with Crippen molar-refractivity contribution in [3.05, 3.63) is 23.3 Å². The lowest BCUT2D eigenvalue weighted by atomic mass is 10.1. The van der Waals surface area contributed by atoms with Gasteiger partial charge in [0.15, 0.2) is 0 Å². The zero-order chi connectivity index (χ0) is 13.8. The molecule has 0 aliphatic carbocycles. The SMILES string of the molecule is C#CCCCNS(=O)(=O)c1cc(C)c(C)cc1N. The van der Waals surface area contributed by atoms with E-state index in [1.54, 1.807) is 12.1 Å². The van der Waals surface area contributed by atoms with Gasteiger partial charge in [0, 0.05) is 13.0 Å². The summed E-state index contributed by atoms with van der Waals surface area (Å²) in [6, 6.07) is 3.26. The molecule has 0 aliphatic rings. The van der Waals surface area contributed by atoms with E-state index in [9.17, 15) is 8.42 Å². The van der Waals surface area contributed by atoms with Crippen LogP contribution in [0.3, 0.4) is 0 Å². The molecule has 1 rings (SSSR count). The number of hydrogen-bond donors (Lipinski definition) is 2. The summed E-state index contributed by atoms with van der Waals surface area (Å²) in [7, 11) is -3.55. The second-order valence-corrected chi connectivity index (χ2v) is 5.92. The molecule has 0 amide bonds.